The number of furan rings is 1. The van der Waals surface area contributed by atoms with Gasteiger partial charge in [-0.25, -0.2) is 0 Å². The molecule has 3 aromatic rings. The molecule has 1 aromatic carbocycles. The van der Waals surface area contributed by atoms with E-state index in [0.717, 1.165) is 52.4 Å². The summed E-state index contributed by atoms with van der Waals surface area (Å²) in [6.07, 6.45) is 0.579. The number of halogens is 1. The minimum atomic E-state index is -0.355. The second-order valence-electron chi connectivity index (χ2n) is 7.09. The summed E-state index contributed by atoms with van der Waals surface area (Å²) in [4.78, 5) is 16.6. The van der Waals surface area contributed by atoms with Crippen molar-refractivity contribution in [3.05, 3.63) is 62.6 Å². The molecule has 0 saturated carbocycles. The van der Waals surface area contributed by atoms with Crippen LogP contribution >= 0.6 is 27.3 Å². The van der Waals surface area contributed by atoms with Gasteiger partial charge in [-0.05, 0) is 42.8 Å². The Kier molecular flexibility index (Phi) is 4.53. The molecule has 1 amide bonds. The number of likely N-dealkylation sites (N-methyl/N-ethyl adjacent to an activating group) is 1. The van der Waals surface area contributed by atoms with E-state index in [1.807, 2.05) is 36.4 Å². The number of amides is 1. The van der Waals surface area contributed by atoms with E-state index < -0.39 is 0 Å². The van der Waals surface area contributed by atoms with Gasteiger partial charge in [0.15, 0.2) is 6.17 Å². The molecule has 2 N–H and O–H groups in total. The van der Waals surface area contributed by atoms with E-state index >= 15 is 0 Å². The maximum Gasteiger partial charge on any atom is 0.256 e. The highest BCUT2D eigenvalue weighted by atomic mass is 79.9. The van der Waals surface area contributed by atoms with Gasteiger partial charge in [0.1, 0.15) is 16.5 Å². The second kappa shape index (κ2) is 7.06. The molecule has 2 aliphatic heterocycles. The lowest BCUT2D eigenvalue weighted by Gasteiger charge is -2.27. The number of nitrogens with zero attached hydrogens (tertiary/aromatic N) is 1. The van der Waals surface area contributed by atoms with Crippen LogP contribution in [0, 0.1) is 0 Å². The molecule has 4 heterocycles. The van der Waals surface area contributed by atoms with Gasteiger partial charge in [-0.15, -0.1) is 11.3 Å². The van der Waals surface area contributed by atoms with Crippen molar-refractivity contribution in [3.63, 3.8) is 0 Å². The molecule has 7 heteroatoms. The van der Waals surface area contributed by atoms with Crippen molar-refractivity contribution in [2.75, 3.05) is 18.4 Å². The molecule has 0 fully saturated rings. The number of fused-ring (bicyclic) bond motifs is 3. The highest BCUT2D eigenvalue weighted by Crippen LogP contribution is 2.41. The molecule has 0 saturated heterocycles. The maximum atomic E-state index is 12.9. The first-order valence-electron chi connectivity index (χ1n) is 9.42. The Morgan fingerprint density at radius 1 is 1.21 bits per heavy atom. The zero-order chi connectivity index (χ0) is 19.3. The molecule has 144 valence electrons. The van der Waals surface area contributed by atoms with Gasteiger partial charge in [-0.2, -0.15) is 0 Å². The monoisotopic (exact) mass is 457 g/mol. The van der Waals surface area contributed by atoms with Crippen LogP contribution in [0.25, 0.3) is 11.3 Å². The topological polar surface area (TPSA) is 57.5 Å². The van der Waals surface area contributed by atoms with Gasteiger partial charge in [-0.1, -0.05) is 35.0 Å². The lowest BCUT2D eigenvalue weighted by atomic mass is 10.0. The highest BCUT2D eigenvalue weighted by Gasteiger charge is 2.34. The van der Waals surface area contributed by atoms with Crippen LogP contribution in [0.5, 0.6) is 0 Å². The molecule has 0 aliphatic carbocycles. The van der Waals surface area contributed by atoms with Crippen LogP contribution in [0.3, 0.4) is 0 Å². The third-order valence-corrected chi connectivity index (χ3v) is 7.08. The van der Waals surface area contributed by atoms with Gasteiger partial charge in [0.2, 0.25) is 0 Å². The van der Waals surface area contributed by atoms with Crippen molar-refractivity contribution in [2.45, 2.75) is 26.1 Å². The van der Waals surface area contributed by atoms with Gasteiger partial charge in [0.05, 0.1) is 5.56 Å². The first kappa shape index (κ1) is 18.0. The van der Waals surface area contributed by atoms with E-state index in [0.29, 0.717) is 5.76 Å². The molecule has 0 bridgehead atoms. The Morgan fingerprint density at radius 3 is 2.82 bits per heavy atom. The van der Waals surface area contributed by atoms with Crippen molar-refractivity contribution in [3.8, 4) is 11.3 Å². The lowest BCUT2D eigenvalue weighted by Crippen LogP contribution is -2.38. The molecular formula is C21H20BrN3O2S. The summed E-state index contributed by atoms with van der Waals surface area (Å²) in [7, 11) is 0. The minimum absolute atomic E-state index is 0.0113. The van der Waals surface area contributed by atoms with Crippen molar-refractivity contribution in [1.29, 1.82) is 0 Å². The average molecular weight is 458 g/mol. The number of carbonyl (C=O) groups is 1. The number of thiophene rings is 1. The van der Waals surface area contributed by atoms with Gasteiger partial charge < -0.3 is 15.1 Å². The normalized spacial score (nSPS) is 18.9. The summed E-state index contributed by atoms with van der Waals surface area (Å²) in [5, 5.41) is 7.50. The van der Waals surface area contributed by atoms with E-state index in [9.17, 15) is 4.79 Å². The van der Waals surface area contributed by atoms with Crippen molar-refractivity contribution in [2.24, 2.45) is 0 Å². The van der Waals surface area contributed by atoms with E-state index in [2.05, 4.69) is 38.4 Å². The smallest absolute Gasteiger partial charge is 0.256 e. The highest BCUT2D eigenvalue weighted by molar-refractivity contribution is 9.10. The number of carbonyl (C=O) groups excluding carboxylic acids is 1. The van der Waals surface area contributed by atoms with Gasteiger partial charge in [0.25, 0.3) is 5.91 Å². The van der Waals surface area contributed by atoms with Crippen molar-refractivity contribution < 1.29 is 9.21 Å². The molecule has 0 unspecified atom stereocenters. The number of benzene rings is 1. The van der Waals surface area contributed by atoms with Crippen LogP contribution in [0.15, 0.2) is 45.3 Å². The second-order valence-corrected chi connectivity index (χ2v) is 9.11. The number of hydrogen-bond donors (Lipinski definition) is 2. The molecule has 0 spiro atoms. The van der Waals surface area contributed by atoms with E-state index in [4.69, 9.17) is 4.42 Å². The fourth-order valence-electron chi connectivity index (χ4n) is 3.86. The summed E-state index contributed by atoms with van der Waals surface area (Å²) in [6.45, 7) is 5.16. The van der Waals surface area contributed by atoms with Crippen LogP contribution in [0.2, 0.25) is 0 Å². The Bertz CT molecular complexity index is 1040. The molecule has 1 atom stereocenters. The van der Waals surface area contributed by atoms with Gasteiger partial charge in [-0.3, -0.25) is 9.69 Å². The molecule has 2 aliphatic rings. The van der Waals surface area contributed by atoms with Gasteiger partial charge in [0, 0.05) is 28.0 Å². The van der Waals surface area contributed by atoms with Crippen LogP contribution in [0.1, 0.15) is 39.6 Å². The predicted octanol–water partition coefficient (Wildman–Crippen LogP) is 5.00. The first-order chi connectivity index (χ1) is 13.6. The lowest BCUT2D eigenvalue weighted by molar-refractivity contribution is 0.0930. The number of hydrogen-bond acceptors (Lipinski definition) is 5. The largest absolute Gasteiger partial charge is 0.457 e. The summed E-state index contributed by atoms with van der Waals surface area (Å²) in [5.74, 6) is 1.48. The fraction of sp³-hybridized carbons (Fsp3) is 0.286. The average Bonchev–Trinajstić information content (AvgIpc) is 3.32. The Balaban J connectivity index is 1.42. The minimum Gasteiger partial charge on any atom is -0.457 e. The van der Waals surface area contributed by atoms with E-state index in [-0.39, 0.29) is 12.1 Å². The first-order valence-corrected chi connectivity index (χ1v) is 11.0. The summed E-state index contributed by atoms with van der Waals surface area (Å²) < 4.78 is 7.08. The molecule has 5 rings (SSSR count). The summed E-state index contributed by atoms with van der Waals surface area (Å²) >= 11 is 5.15. The zero-order valence-electron chi connectivity index (χ0n) is 15.4. The van der Waals surface area contributed by atoms with Crippen LogP contribution in [-0.4, -0.2) is 23.9 Å². The zero-order valence-corrected chi connectivity index (χ0v) is 17.8. The van der Waals surface area contributed by atoms with Crippen LogP contribution in [0.4, 0.5) is 5.00 Å². The van der Waals surface area contributed by atoms with Crippen molar-refractivity contribution >= 4 is 38.2 Å². The third kappa shape index (κ3) is 3.07. The standard InChI is InChI=1S/C21H20BrN3O2S/c1-2-25-10-9-14-17(11-25)28-21-18(14)20(26)23-19(24-21)16-8-7-15(27-16)12-3-5-13(22)6-4-12/h3-8,19,24H,2,9-11H2,1H3,(H,23,26)/t19-/m1/s1. The Labute approximate surface area is 175 Å². The predicted molar refractivity (Wildman–Crippen MR) is 115 cm³/mol. The number of rotatable bonds is 3. The Morgan fingerprint density at radius 2 is 2.04 bits per heavy atom. The number of anilines is 1. The van der Waals surface area contributed by atoms with E-state index in [1.54, 1.807) is 11.3 Å². The third-order valence-electron chi connectivity index (χ3n) is 5.40. The van der Waals surface area contributed by atoms with E-state index in [1.165, 1.54) is 10.4 Å². The van der Waals surface area contributed by atoms with Crippen molar-refractivity contribution in [1.82, 2.24) is 10.2 Å². The quantitative estimate of drug-likeness (QED) is 0.580. The molecule has 5 nitrogen and oxygen atoms in total. The van der Waals surface area contributed by atoms with Gasteiger partial charge >= 0.3 is 0 Å². The van der Waals surface area contributed by atoms with Crippen LogP contribution < -0.4 is 10.6 Å². The Hall–Kier alpha value is -2.09. The van der Waals surface area contributed by atoms with Crippen LogP contribution in [-0.2, 0) is 13.0 Å². The number of nitrogens with one attached hydrogen (secondary N) is 2. The SMILES string of the molecule is CCN1CCc2c(sc3c2C(=O)N[C@@H](c2ccc(-c4ccc(Br)cc4)o2)N3)C1. The molecule has 2 aromatic heterocycles. The maximum absolute atomic E-state index is 12.9. The molecule has 28 heavy (non-hydrogen) atoms. The molecular weight excluding hydrogens is 438 g/mol. The fourth-order valence-corrected chi connectivity index (χ4v) is 5.44. The molecule has 0 radical (unpaired) electrons. The summed E-state index contributed by atoms with van der Waals surface area (Å²) in [6, 6.07) is 11.8. The summed E-state index contributed by atoms with van der Waals surface area (Å²) in [5.41, 5.74) is 3.04.